The Morgan fingerprint density at radius 2 is 1.97 bits per heavy atom. The Labute approximate surface area is 193 Å². The Morgan fingerprint density at radius 3 is 2.58 bits per heavy atom. The van der Waals surface area contributed by atoms with Gasteiger partial charge in [0.1, 0.15) is 21.8 Å². The lowest BCUT2D eigenvalue weighted by Gasteiger charge is -2.33. The Hall–Kier alpha value is -2.37. The average Bonchev–Trinajstić information content (AvgIpc) is 3.03. The third-order valence-corrected chi connectivity index (χ3v) is 7.08. The van der Waals surface area contributed by atoms with Crippen LogP contribution in [-0.2, 0) is 11.3 Å². The summed E-state index contributed by atoms with van der Waals surface area (Å²) in [6.07, 6.45) is 8.54. The Balaban J connectivity index is 2.23. The number of piperidine rings is 1. The van der Waals surface area contributed by atoms with Gasteiger partial charge in [-0.1, -0.05) is 43.4 Å². The van der Waals surface area contributed by atoms with E-state index < -0.39 is 0 Å². The minimum Gasteiger partial charge on any atom is -0.357 e. The molecule has 8 heteroatoms. The van der Waals surface area contributed by atoms with Crippen LogP contribution in [0.3, 0.4) is 0 Å². The molecule has 1 aromatic rings. The van der Waals surface area contributed by atoms with Crippen molar-refractivity contribution in [3.05, 3.63) is 44.6 Å². The number of nitriles is 1. The summed E-state index contributed by atoms with van der Waals surface area (Å²) in [5.41, 5.74) is 1.29. The molecule has 0 bridgehead atoms. The summed E-state index contributed by atoms with van der Waals surface area (Å²) in [7, 11) is 0. The van der Waals surface area contributed by atoms with E-state index in [1.165, 1.54) is 23.1 Å². The van der Waals surface area contributed by atoms with Gasteiger partial charge in [-0.15, -0.1) is 6.58 Å². The minimum absolute atomic E-state index is 0.143. The molecule has 0 atom stereocenters. The molecule has 0 saturated carbocycles. The highest BCUT2D eigenvalue weighted by Gasteiger charge is 2.32. The van der Waals surface area contributed by atoms with Gasteiger partial charge in [-0.25, -0.2) is 0 Å². The van der Waals surface area contributed by atoms with Crippen LogP contribution in [0.4, 0.5) is 5.82 Å². The van der Waals surface area contributed by atoms with E-state index in [1.807, 2.05) is 6.08 Å². The Bertz CT molecular complexity index is 1030. The molecule has 1 amide bonds. The fourth-order valence-corrected chi connectivity index (χ4v) is 5.29. The molecule has 0 unspecified atom stereocenters. The summed E-state index contributed by atoms with van der Waals surface area (Å²) in [6.45, 7) is 10.2. The summed E-state index contributed by atoms with van der Waals surface area (Å²) in [4.78, 5) is 30.4. The third kappa shape index (κ3) is 4.63. The fourth-order valence-electron chi connectivity index (χ4n) is 4.03. The monoisotopic (exact) mass is 456 g/mol. The minimum atomic E-state index is -0.245. The molecule has 6 nitrogen and oxygen atoms in total. The molecule has 3 heterocycles. The van der Waals surface area contributed by atoms with Crippen molar-refractivity contribution in [1.29, 1.82) is 5.26 Å². The normalized spacial score (nSPS) is 18.0. The van der Waals surface area contributed by atoms with Crippen LogP contribution in [0.5, 0.6) is 0 Å². The van der Waals surface area contributed by atoms with Crippen LogP contribution in [0, 0.1) is 18.3 Å². The van der Waals surface area contributed by atoms with Crippen LogP contribution >= 0.6 is 24.0 Å². The first-order chi connectivity index (χ1) is 14.9. The van der Waals surface area contributed by atoms with Gasteiger partial charge < -0.3 is 4.90 Å². The smallest absolute Gasteiger partial charge is 0.270 e. The maximum absolute atomic E-state index is 13.2. The van der Waals surface area contributed by atoms with E-state index >= 15 is 0 Å². The lowest BCUT2D eigenvalue weighted by atomic mass is 10.0. The summed E-state index contributed by atoms with van der Waals surface area (Å²) < 4.78 is 2.24. The summed E-state index contributed by atoms with van der Waals surface area (Å²) in [5, 5.41) is 9.73. The number of amides is 1. The standard InChI is InChI=1S/C23H28N4O2S2/c1-4-6-13-26-20(25-11-8-7-9-12-25)17(16(3)18(15-24)21(26)28)14-19-22(29)27(10-5-2)23(30)31-19/h5,14H,2,4,6-13H2,1,3H3/b19-14-. The van der Waals surface area contributed by atoms with E-state index in [0.29, 0.717) is 27.9 Å². The number of unbranched alkanes of at least 4 members (excludes halogenated alkanes) is 1. The van der Waals surface area contributed by atoms with E-state index in [0.717, 1.165) is 50.2 Å². The van der Waals surface area contributed by atoms with Gasteiger partial charge in [-0.3, -0.25) is 19.1 Å². The molecular weight excluding hydrogens is 428 g/mol. The fraction of sp³-hybridized carbons (Fsp3) is 0.478. The third-order valence-electron chi connectivity index (χ3n) is 5.70. The first-order valence-corrected chi connectivity index (χ1v) is 12.0. The van der Waals surface area contributed by atoms with E-state index in [9.17, 15) is 14.9 Å². The molecule has 2 saturated heterocycles. The predicted molar refractivity (Wildman–Crippen MR) is 131 cm³/mol. The second kappa shape index (κ2) is 10.3. The van der Waals surface area contributed by atoms with Gasteiger partial charge >= 0.3 is 0 Å². The van der Waals surface area contributed by atoms with Gasteiger partial charge in [-0.05, 0) is 44.2 Å². The zero-order chi connectivity index (χ0) is 22.5. The van der Waals surface area contributed by atoms with Crippen LogP contribution in [0.15, 0.2) is 22.4 Å². The molecule has 31 heavy (non-hydrogen) atoms. The highest BCUT2D eigenvalue weighted by atomic mass is 32.2. The molecular formula is C23H28N4O2S2. The van der Waals surface area contributed by atoms with Crippen molar-refractivity contribution in [1.82, 2.24) is 9.47 Å². The SMILES string of the molecule is C=CCN1C(=O)/C(=C/c2c(C)c(C#N)c(=O)n(CCCC)c2N2CCCCC2)SC1=S. The molecule has 0 aromatic carbocycles. The van der Waals surface area contributed by atoms with Crippen molar-refractivity contribution in [2.45, 2.75) is 52.5 Å². The quantitative estimate of drug-likeness (QED) is 0.348. The van der Waals surface area contributed by atoms with Crippen molar-refractivity contribution < 1.29 is 4.79 Å². The van der Waals surface area contributed by atoms with Crippen LogP contribution in [0.2, 0.25) is 0 Å². The number of anilines is 1. The molecule has 0 N–H and O–H groups in total. The highest BCUT2D eigenvalue weighted by Crippen LogP contribution is 2.36. The first kappa shape index (κ1) is 23.3. The molecule has 164 valence electrons. The van der Waals surface area contributed by atoms with Gasteiger partial charge in [0.2, 0.25) is 0 Å². The van der Waals surface area contributed by atoms with Crippen LogP contribution < -0.4 is 10.5 Å². The molecule has 0 spiro atoms. The summed E-state index contributed by atoms with van der Waals surface area (Å²) in [5.74, 6) is 0.660. The molecule has 1 aromatic heterocycles. The van der Waals surface area contributed by atoms with Crippen molar-refractivity contribution in [3.63, 3.8) is 0 Å². The Morgan fingerprint density at radius 1 is 1.26 bits per heavy atom. The Kier molecular flexibility index (Phi) is 7.74. The number of carbonyl (C=O) groups is 1. The lowest BCUT2D eigenvalue weighted by molar-refractivity contribution is -0.121. The number of thiocarbonyl (C=S) groups is 1. The summed E-state index contributed by atoms with van der Waals surface area (Å²) >= 11 is 6.64. The molecule has 3 rings (SSSR count). The number of hydrogen-bond donors (Lipinski definition) is 0. The van der Waals surface area contributed by atoms with Gasteiger partial charge in [0, 0.05) is 31.7 Å². The van der Waals surface area contributed by atoms with E-state index in [2.05, 4.69) is 24.5 Å². The zero-order valence-electron chi connectivity index (χ0n) is 18.1. The molecule has 2 aliphatic rings. The van der Waals surface area contributed by atoms with Gasteiger partial charge in [0.05, 0.1) is 4.91 Å². The van der Waals surface area contributed by atoms with Crippen LogP contribution in [-0.4, -0.2) is 39.3 Å². The maximum Gasteiger partial charge on any atom is 0.270 e. The number of nitrogens with zero attached hydrogens (tertiary/aromatic N) is 4. The number of rotatable bonds is 7. The zero-order valence-corrected chi connectivity index (χ0v) is 19.8. The molecule has 2 aliphatic heterocycles. The molecule has 0 aliphatic carbocycles. The van der Waals surface area contributed by atoms with Crippen molar-refractivity contribution in [2.75, 3.05) is 24.5 Å². The van der Waals surface area contributed by atoms with E-state index in [-0.39, 0.29) is 17.0 Å². The number of hydrogen-bond acceptors (Lipinski definition) is 6. The predicted octanol–water partition coefficient (Wildman–Crippen LogP) is 4.21. The average molecular weight is 457 g/mol. The van der Waals surface area contributed by atoms with Crippen LogP contribution in [0.25, 0.3) is 6.08 Å². The van der Waals surface area contributed by atoms with Gasteiger partial charge in [0.25, 0.3) is 11.5 Å². The van der Waals surface area contributed by atoms with Crippen LogP contribution in [0.1, 0.15) is 55.7 Å². The van der Waals surface area contributed by atoms with Gasteiger partial charge in [-0.2, -0.15) is 5.26 Å². The van der Waals surface area contributed by atoms with Crippen molar-refractivity contribution in [3.8, 4) is 6.07 Å². The number of carbonyl (C=O) groups excluding carboxylic acids is 1. The topological polar surface area (TPSA) is 69.3 Å². The highest BCUT2D eigenvalue weighted by molar-refractivity contribution is 8.26. The second-order valence-electron chi connectivity index (χ2n) is 7.79. The number of aromatic nitrogens is 1. The van der Waals surface area contributed by atoms with E-state index in [4.69, 9.17) is 12.2 Å². The maximum atomic E-state index is 13.2. The molecule has 0 radical (unpaired) electrons. The summed E-state index contributed by atoms with van der Waals surface area (Å²) in [6, 6.07) is 2.10. The molecule has 2 fully saturated rings. The first-order valence-electron chi connectivity index (χ1n) is 10.7. The number of thioether (sulfide) groups is 1. The lowest BCUT2D eigenvalue weighted by Crippen LogP contribution is -2.37. The second-order valence-corrected chi connectivity index (χ2v) is 9.46. The van der Waals surface area contributed by atoms with E-state index in [1.54, 1.807) is 17.6 Å². The number of pyridine rings is 1. The van der Waals surface area contributed by atoms with Gasteiger partial charge in [0.15, 0.2) is 0 Å². The van der Waals surface area contributed by atoms with Crippen molar-refractivity contribution in [2.24, 2.45) is 0 Å². The van der Waals surface area contributed by atoms with Crippen molar-refractivity contribution >= 4 is 46.1 Å². The largest absolute Gasteiger partial charge is 0.357 e.